The molecule has 8 nitrogen and oxygen atoms in total. The maximum Gasteiger partial charge on any atom is 0.323 e. The Bertz CT molecular complexity index is 964. The summed E-state index contributed by atoms with van der Waals surface area (Å²) in [5.74, 6) is -0.131. The van der Waals surface area contributed by atoms with Gasteiger partial charge in [0, 0.05) is 32.1 Å². The number of sulfonamides is 1. The largest absolute Gasteiger partial charge is 0.489 e. The Kier molecular flexibility index (Phi) is 7.38. The quantitative estimate of drug-likeness (QED) is 0.613. The Morgan fingerprint density at radius 2 is 2.03 bits per heavy atom. The van der Waals surface area contributed by atoms with Gasteiger partial charge in [-0.2, -0.15) is 0 Å². The molecule has 0 atom stereocenters. The number of rotatable bonds is 8. The smallest absolute Gasteiger partial charge is 0.323 e. The normalized spacial score (nSPS) is 14.9. The molecule has 30 heavy (non-hydrogen) atoms. The van der Waals surface area contributed by atoms with Crippen LogP contribution < -0.4 is 14.4 Å². The fraction of sp³-hybridized carbons (Fsp3) is 0.400. The molecule has 0 amide bonds. The van der Waals surface area contributed by atoms with Crippen LogP contribution in [0.2, 0.25) is 5.02 Å². The Hall–Kier alpha value is -2.52. The van der Waals surface area contributed by atoms with Gasteiger partial charge in [-0.3, -0.25) is 9.52 Å². The maximum atomic E-state index is 12.0. The average molecular weight is 454 g/mol. The van der Waals surface area contributed by atoms with Crippen LogP contribution in [0.4, 0.5) is 11.5 Å². The molecule has 10 heteroatoms. The van der Waals surface area contributed by atoms with Gasteiger partial charge in [-0.1, -0.05) is 17.7 Å². The van der Waals surface area contributed by atoms with E-state index in [1.165, 1.54) is 6.07 Å². The number of aromatic nitrogens is 1. The number of benzene rings is 1. The number of nitrogens with one attached hydrogen (secondary N) is 1. The second-order valence-electron chi connectivity index (χ2n) is 6.80. The zero-order valence-corrected chi connectivity index (χ0v) is 18.2. The highest BCUT2D eigenvalue weighted by Gasteiger charge is 2.23. The van der Waals surface area contributed by atoms with E-state index < -0.39 is 21.7 Å². The van der Waals surface area contributed by atoms with Gasteiger partial charge < -0.3 is 14.4 Å². The summed E-state index contributed by atoms with van der Waals surface area (Å²) in [5.41, 5.74) is 0.251. The number of halogens is 1. The van der Waals surface area contributed by atoms with Gasteiger partial charge in [-0.05, 0) is 37.3 Å². The van der Waals surface area contributed by atoms with E-state index in [2.05, 4.69) is 19.3 Å². The minimum absolute atomic E-state index is 0.00816. The fourth-order valence-corrected chi connectivity index (χ4v) is 4.33. The number of hydrogen-bond acceptors (Lipinski definition) is 7. The third-order valence-electron chi connectivity index (χ3n) is 4.53. The number of ether oxygens (including phenoxy) is 2. The molecule has 1 aliphatic rings. The summed E-state index contributed by atoms with van der Waals surface area (Å²) < 4.78 is 37.1. The monoisotopic (exact) mass is 453 g/mol. The zero-order chi connectivity index (χ0) is 21.6. The summed E-state index contributed by atoms with van der Waals surface area (Å²) in [7, 11) is -3.88. The summed E-state index contributed by atoms with van der Waals surface area (Å²) in [5, 5.41) is 0.290. The molecular weight excluding hydrogens is 430 g/mol. The Morgan fingerprint density at radius 1 is 1.27 bits per heavy atom. The molecule has 0 bridgehead atoms. The predicted octanol–water partition coefficient (Wildman–Crippen LogP) is 3.09. The summed E-state index contributed by atoms with van der Waals surface area (Å²) in [6, 6.07) is 10.5. The zero-order valence-electron chi connectivity index (χ0n) is 16.6. The minimum atomic E-state index is -3.88. The lowest BCUT2D eigenvalue weighted by atomic mass is 10.1. The van der Waals surface area contributed by atoms with Crippen molar-refractivity contribution in [2.45, 2.75) is 25.9 Å². The molecule has 2 heterocycles. The predicted molar refractivity (Wildman–Crippen MR) is 116 cm³/mol. The van der Waals surface area contributed by atoms with Gasteiger partial charge in [-0.25, -0.2) is 13.4 Å². The fourth-order valence-electron chi connectivity index (χ4n) is 3.16. The van der Waals surface area contributed by atoms with Gasteiger partial charge in [0.1, 0.15) is 17.7 Å². The van der Waals surface area contributed by atoms with Gasteiger partial charge in [0.2, 0.25) is 10.0 Å². The molecule has 2 aromatic rings. The molecule has 1 fully saturated rings. The molecule has 1 saturated heterocycles. The first-order chi connectivity index (χ1) is 14.4. The van der Waals surface area contributed by atoms with Gasteiger partial charge >= 0.3 is 5.97 Å². The second-order valence-corrected chi connectivity index (χ2v) is 8.93. The topological polar surface area (TPSA) is 97.8 Å². The maximum absolute atomic E-state index is 12.0. The van der Waals surface area contributed by atoms with Crippen LogP contribution in [0, 0.1) is 0 Å². The number of anilines is 2. The van der Waals surface area contributed by atoms with Crippen LogP contribution in [-0.4, -0.2) is 50.9 Å². The number of piperidine rings is 1. The molecule has 3 rings (SSSR count). The molecule has 1 N–H and O–H groups in total. The van der Waals surface area contributed by atoms with Crippen molar-refractivity contribution in [3.8, 4) is 5.75 Å². The summed E-state index contributed by atoms with van der Waals surface area (Å²) in [4.78, 5) is 18.0. The number of pyridine rings is 1. The van der Waals surface area contributed by atoms with Crippen molar-refractivity contribution in [2.75, 3.05) is 35.1 Å². The van der Waals surface area contributed by atoms with E-state index in [0.29, 0.717) is 10.8 Å². The van der Waals surface area contributed by atoms with Crippen LogP contribution in [0.25, 0.3) is 0 Å². The average Bonchev–Trinajstić information content (AvgIpc) is 2.71. The standard InChI is InChI=1S/C20H24ClN3O5S/c1-2-28-20(25)14-30(26,27)23-15-6-7-18(17(21)13-15)29-16-8-11-24(12-9-16)19-5-3-4-10-22-19/h3-7,10,13,16,23H,2,8-9,11-12,14H2,1H3. The van der Waals surface area contributed by atoms with Gasteiger partial charge in [0.25, 0.3) is 0 Å². The van der Waals surface area contributed by atoms with Gasteiger partial charge in [-0.15, -0.1) is 0 Å². The highest BCUT2D eigenvalue weighted by Crippen LogP contribution is 2.31. The van der Waals surface area contributed by atoms with E-state index in [9.17, 15) is 13.2 Å². The number of esters is 1. The van der Waals surface area contributed by atoms with Crippen LogP contribution in [0.3, 0.4) is 0 Å². The van der Waals surface area contributed by atoms with E-state index in [1.807, 2.05) is 18.2 Å². The molecule has 1 aliphatic heterocycles. The first kappa shape index (κ1) is 22.2. The molecule has 162 valence electrons. The van der Waals surface area contributed by atoms with Crippen molar-refractivity contribution in [2.24, 2.45) is 0 Å². The van der Waals surface area contributed by atoms with Crippen molar-refractivity contribution >= 4 is 39.1 Å². The lowest BCUT2D eigenvalue weighted by Gasteiger charge is -2.33. The Balaban J connectivity index is 1.55. The van der Waals surface area contributed by atoms with Crippen LogP contribution >= 0.6 is 11.6 Å². The highest BCUT2D eigenvalue weighted by molar-refractivity contribution is 7.93. The summed E-state index contributed by atoms with van der Waals surface area (Å²) >= 11 is 6.29. The van der Waals surface area contributed by atoms with Crippen molar-refractivity contribution in [1.82, 2.24) is 4.98 Å². The van der Waals surface area contributed by atoms with E-state index in [0.717, 1.165) is 31.7 Å². The molecule has 0 spiro atoms. The summed E-state index contributed by atoms with van der Waals surface area (Å²) in [6.07, 6.45) is 3.43. The molecule has 0 aliphatic carbocycles. The Labute approximate surface area is 181 Å². The molecule has 1 aromatic heterocycles. The number of nitrogens with zero attached hydrogens (tertiary/aromatic N) is 2. The van der Waals surface area contributed by atoms with Crippen LogP contribution in [0.15, 0.2) is 42.6 Å². The van der Waals surface area contributed by atoms with E-state index in [-0.39, 0.29) is 18.4 Å². The van der Waals surface area contributed by atoms with Crippen LogP contribution in [0.1, 0.15) is 19.8 Å². The van der Waals surface area contributed by atoms with Crippen molar-refractivity contribution in [1.29, 1.82) is 0 Å². The van der Waals surface area contributed by atoms with Crippen molar-refractivity contribution in [3.05, 3.63) is 47.6 Å². The molecule has 0 radical (unpaired) electrons. The molecular formula is C20H24ClN3O5S. The SMILES string of the molecule is CCOC(=O)CS(=O)(=O)Nc1ccc(OC2CCN(c3ccccn3)CC2)c(Cl)c1. The van der Waals surface area contributed by atoms with Crippen LogP contribution in [0.5, 0.6) is 5.75 Å². The van der Waals surface area contributed by atoms with Crippen LogP contribution in [-0.2, 0) is 19.6 Å². The number of hydrogen-bond donors (Lipinski definition) is 1. The molecule has 0 saturated carbocycles. The third-order valence-corrected chi connectivity index (χ3v) is 5.99. The third kappa shape index (κ3) is 6.24. The highest BCUT2D eigenvalue weighted by atomic mass is 35.5. The Morgan fingerprint density at radius 3 is 2.67 bits per heavy atom. The number of carbonyl (C=O) groups is 1. The minimum Gasteiger partial charge on any atom is -0.489 e. The van der Waals surface area contributed by atoms with Crippen molar-refractivity contribution in [3.63, 3.8) is 0 Å². The molecule has 1 aromatic carbocycles. The number of carbonyl (C=O) groups excluding carboxylic acids is 1. The van der Waals surface area contributed by atoms with E-state index in [4.69, 9.17) is 16.3 Å². The lowest BCUT2D eigenvalue weighted by Crippen LogP contribution is -2.38. The van der Waals surface area contributed by atoms with Gasteiger partial charge in [0.15, 0.2) is 5.75 Å². The molecule has 0 unspecified atom stereocenters. The van der Waals surface area contributed by atoms with E-state index in [1.54, 1.807) is 25.3 Å². The first-order valence-electron chi connectivity index (χ1n) is 9.64. The van der Waals surface area contributed by atoms with Gasteiger partial charge in [0.05, 0.1) is 17.3 Å². The summed E-state index contributed by atoms with van der Waals surface area (Å²) in [6.45, 7) is 3.38. The van der Waals surface area contributed by atoms with Crippen molar-refractivity contribution < 1.29 is 22.7 Å². The lowest BCUT2D eigenvalue weighted by molar-refractivity contribution is -0.139. The first-order valence-corrected chi connectivity index (χ1v) is 11.7. The second kappa shape index (κ2) is 9.99. The van der Waals surface area contributed by atoms with E-state index >= 15 is 0 Å².